The molecule has 2 rings (SSSR count). The standard InChI is InChI=1S/C12H10BrClO3S.Ac/c13-12-8(5-6-15)7-11(18(14,16)17)9-3-1-2-4-10(9)12;/h1-4,7,15H,5-6H2;. The molecule has 0 aliphatic heterocycles. The van der Waals surface area contributed by atoms with Crippen molar-refractivity contribution >= 4 is 46.4 Å². The number of benzene rings is 2. The molecular weight excluding hydrogens is 567 g/mol. The summed E-state index contributed by atoms with van der Waals surface area (Å²) in [6, 6.07) is 8.60. The minimum absolute atomic E-state index is 0. The Morgan fingerprint density at radius 1 is 1.21 bits per heavy atom. The molecule has 0 atom stereocenters. The molecule has 2 aromatic rings. The van der Waals surface area contributed by atoms with Crippen molar-refractivity contribution in [1.82, 2.24) is 0 Å². The minimum atomic E-state index is -3.82. The van der Waals surface area contributed by atoms with Gasteiger partial charge in [-0.15, -0.1) is 0 Å². The Kier molecular flexibility index (Phi) is 6.77. The van der Waals surface area contributed by atoms with E-state index in [9.17, 15) is 8.42 Å². The summed E-state index contributed by atoms with van der Waals surface area (Å²) in [4.78, 5) is 0.0754. The quantitative estimate of drug-likeness (QED) is 0.572. The number of hydrogen-bond acceptors (Lipinski definition) is 3. The Balaban J connectivity index is 0.00000180. The summed E-state index contributed by atoms with van der Waals surface area (Å²) in [5, 5.41) is 10.3. The summed E-state index contributed by atoms with van der Waals surface area (Å²) in [7, 11) is 1.64. The second-order valence-electron chi connectivity index (χ2n) is 3.80. The fourth-order valence-electron chi connectivity index (χ4n) is 1.87. The van der Waals surface area contributed by atoms with Crippen LogP contribution in [0.5, 0.6) is 0 Å². The van der Waals surface area contributed by atoms with Crippen LogP contribution < -0.4 is 0 Å². The molecule has 0 spiro atoms. The Bertz CT molecular complexity index is 703. The van der Waals surface area contributed by atoms with Gasteiger partial charge in [-0.1, -0.05) is 24.3 Å². The van der Waals surface area contributed by atoms with Gasteiger partial charge >= 0.3 is 0 Å². The molecule has 99 valence electrons. The van der Waals surface area contributed by atoms with E-state index in [1.54, 1.807) is 12.1 Å². The zero-order valence-corrected chi connectivity index (χ0v) is 17.7. The van der Waals surface area contributed by atoms with Crippen LogP contribution in [-0.2, 0) is 15.5 Å². The SMILES string of the molecule is O=S(=O)(Cl)c1cc(CCO)c(Br)c2ccccc12.[Ac]. The van der Waals surface area contributed by atoms with Crippen LogP contribution in [0.25, 0.3) is 10.8 Å². The third-order valence-electron chi connectivity index (χ3n) is 2.66. The molecule has 0 amide bonds. The number of aliphatic hydroxyl groups excluding tert-OH is 1. The van der Waals surface area contributed by atoms with Crippen LogP contribution in [-0.4, -0.2) is 20.1 Å². The zero-order valence-electron chi connectivity index (χ0n) is 9.81. The molecule has 0 fully saturated rings. The average molecular weight is 577 g/mol. The molecule has 0 aliphatic carbocycles. The van der Waals surface area contributed by atoms with Gasteiger partial charge in [0.25, 0.3) is 9.05 Å². The fraction of sp³-hybridized carbons (Fsp3) is 0.167. The molecule has 0 heterocycles. The van der Waals surface area contributed by atoms with E-state index in [4.69, 9.17) is 15.8 Å². The van der Waals surface area contributed by atoms with Crippen molar-refractivity contribution < 1.29 is 57.6 Å². The Morgan fingerprint density at radius 2 is 1.79 bits per heavy atom. The van der Waals surface area contributed by atoms with Gasteiger partial charge in [-0.3, -0.25) is 0 Å². The van der Waals surface area contributed by atoms with E-state index in [2.05, 4.69) is 15.9 Å². The Hall–Kier alpha value is 0.822. The summed E-state index contributed by atoms with van der Waals surface area (Å²) in [6.45, 7) is -0.0568. The first kappa shape index (κ1) is 17.9. The third kappa shape index (κ3) is 3.93. The third-order valence-corrected chi connectivity index (χ3v) is 4.96. The monoisotopic (exact) mass is 575 g/mol. The van der Waals surface area contributed by atoms with Crippen LogP contribution in [0.15, 0.2) is 39.7 Å². The molecule has 0 saturated heterocycles. The molecule has 0 saturated carbocycles. The Labute approximate surface area is 160 Å². The van der Waals surface area contributed by atoms with Crippen molar-refractivity contribution in [2.45, 2.75) is 11.3 Å². The molecule has 1 N–H and O–H groups in total. The van der Waals surface area contributed by atoms with Gasteiger partial charge in [-0.2, -0.15) is 0 Å². The molecule has 0 bridgehead atoms. The van der Waals surface area contributed by atoms with Crippen molar-refractivity contribution in [1.29, 1.82) is 0 Å². The van der Waals surface area contributed by atoms with Crippen LogP contribution >= 0.6 is 26.6 Å². The molecule has 3 nitrogen and oxygen atoms in total. The number of rotatable bonds is 3. The number of fused-ring (bicyclic) bond motifs is 1. The van der Waals surface area contributed by atoms with Crippen LogP contribution in [0, 0.1) is 44.1 Å². The van der Waals surface area contributed by atoms with E-state index >= 15 is 0 Å². The van der Waals surface area contributed by atoms with Crippen molar-refractivity contribution in [2.75, 3.05) is 6.61 Å². The second kappa shape index (κ2) is 7.20. The minimum Gasteiger partial charge on any atom is -0.396 e. The maximum Gasteiger partial charge on any atom is 0.261 e. The van der Waals surface area contributed by atoms with Crippen molar-refractivity contribution in [3.05, 3.63) is 40.4 Å². The predicted molar refractivity (Wildman–Crippen MR) is 75.5 cm³/mol. The number of hydrogen-bond donors (Lipinski definition) is 1. The molecule has 1 radical (unpaired) electrons. The van der Waals surface area contributed by atoms with Crippen LogP contribution in [0.3, 0.4) is 0 Å². The number of halogens is 2. The largest absolute Gasteiger partial charge is 0.396 e. The first-order chi connectivity index (χ1) is 8.45. The smallest absolute Gasteiger partial charge is 0.261 e. The average Bonchev–Trinajstić information content (AvgIpc) is 2.31. The van der Waals surface area contributed by atoms with Crippen LogP contribution in [0.4, 0.5) is 0 Å². The summed E-state index contributed by atoms with van der Waals surface area (Å²) in [5.74, 6) is 0. The first-order valence-electron chi connectivity index (χ1n) is 5.21. The number of aliphatic hydroxyl groups is 1. The molecule has 0 unspecified atom stereocenters. The van der Waals surface area contributed by atoms with Gasteiger partial charge in [-0.25, -0.2) is 8.42 Å². The zero-order chi connectivity index (χ0) is 13.3. The van der Waals surface area contributed by atoms with Gasteiger partial charge in [0.15, 0.2) is 0 Å². The van der Waals surface area contributed by atoms with Crippen molar-refractivity contribution in [3.8, 4) is 0 Å². The molecule has 2 aromatic carbocycles. The van der Waals surface area contributed by atoms with E-state index in [0.717, 1.165) is 15.4 Å². The van der Waals surface area contributed by atoms with E-state index < -0.39 is 9.05 Å². The van der Waals surface area contributed by atoms with Crippen molar-refractivity contribution in [3.63, 3.8) is 0 Å². The van der Waals surface area contributed by atoms with Crippen LogP contribution in [0.1, 0.15) is 5.56 Å². The fourth-order valence-corrected chi connectivity index (χ4v) is 3.63. The normalized spacial score (nSPS) is 11.3. The topological polar surface area (TPSA) is 54.4 Å². The van der Waals surface area contributed by atoms with Gasteiger partial charge in [0.05, 0.1) is 4.90 Å². The first-order valence-corrected chi connectivity index (χ1v) is 8.31. The maximum atomic E-state index is 11.6. The predicted octanol–water partition coefficient (Wildman–Crippen LogP) is 3.06. The molecule has 7 heteroatoms. The van der Waals surface area contributed by atoms with E-state index in [1.807, 2.05) is 12.1 Å². The van der Waals surface area contributed by atoms with Gasteiger partial charge in [0.2, 0.25) is 0 Å². The molecule has 0 aliphatic rings. The van der Waals surface area contributed by atoms with Gasteiger partial charge < -0.3 is 5.11 Å². The van der Waals surface area contributed by atoms with Crippen molar-refractivity contribution in [2.24, 2.45) is 0 Å². The maximum absolute atomic E-state index is 11.6. The summed E-state index contributed by atoms with van der Waals surface area (Å²) in [6.07, 6.45) is 0.366. The second-order valence-corrected chi connectivity index (χ2v) is 7.13. The molecular formula is C12H10AcBrClO3S. The summed E-state index contributed by atoms with van der Waals surface area (Å²) >= 11 is 3.43. The van der Waals surface area contributed by atoms with E-state index in [1.165, 1.54) is 6.07 Å². The van der Waals surface area contributed by atoms with Gasteiger partial charge in [0.1, 0.15) is 0 Å². The summed E-state index contributed by atoms with van der Waals surface area (Å²) in [5.41, 5.74) is 0.718. The molecule has 0 aromatic heterocycles. The van der Waals surface area contributed by atoms with E-state index in [-0.39, 0.29) is 55.6 Å². The van der Waals surface area contributed by atoms with Crippen LogP contribution in [0.2, 0.25) is 0 Å². The van der Waals surface area contributed by atoms with Gasteiger partial charge in [-0.05, 0) is 39.4 Å². The van der Waals surface area contributed by atoms with Gasteiger partial charge in [0, 0.05) is 71.2 Å². The molecule has 19 heavy (non-hydrogen) atoms. The Morgan fingerprint density at radius 3 is 2.32 bits per heavy atom. The van der Waals surface area contributed by atoms with E-state index in [0.29, 0.717) is 11.8 Å². The summed E-state index contributed by atoms with van der Waals surface area (Å²) < 4.78 is 24.0.